The van der Waals surface area contributed by atoms with E-state index in [9.17, 15) is 4.79 Å². The van der Waals surface area contributed by atoms with E-state index in [4.69, 9.17) is 14.2 Å². The number of amides is 1. The lowest BCUT2D eigenvalue weighted by Crippen LogP contribution is -2.42. The zero-order valence-corrected chi connectivity index (χ0v) is 15.8. The van der Waals surface area contributed by atoms with Gasteiger partial charge in [0.05, 0.1) is 12.1 Å². The number of hydrogen-bond donors (Lipinski definition) is 0. The molecule has 0 saturated heterocycles. The summed E-state index contributed by atoms with van der Waals surface area (Å²) in [5.41, 5.74) is 0. The monoisotopic (exact) mass is 357 g/mol. The van der Waals surface area contributed by atoms with Gasteiger partial charge in [-0.1, -0.05) is 18.2 Å². The Hall–Kier alpha value is -2.69. The van der Waals surface area contributed by atoms with Crippen LogP contribution in [0.1, 0.15) is 27.7 Å². The molecule has 2 aromatic carbocycles. The van der Waals surface area contributed by atoms with E-state index in [1.54, 1.807) is 4.90 Å². The van der Waals surface area contributed by atoms with Crippen molar-refractivity contribution in [1.82, 2.24) is 4.90 Å². The molecule has 0 aliphatic carbocycles. The quantitative estimate of drug-likeness (QED) is 0.658. The third-order valence-corrected chi connectivity index (χ3v) is 3.74. The van der Waals surface area contributed by atoms with Crippen molar-refractivity contribution < 1.29 is 19.0 Å². The summed E-state index contributed by atoms with van der Waals surface area (Å²) in [7, 11) is 0. The van der Waals surface area contributed by atoms with Crippen molar-refractivity contribution in [3.63, 3.8) is 0 Å². The molecule has 2 aromatic rings. The molecular formula is C21H27NO4. The van der Waals surface area contributed by atoms with E-state index >= 15 is 0 Å². The van der Waals surface area contributed by atoms with Gasteiger partial charge in [0.15, 0.2) is 0 Å². The van der Waals surface area contributed by atoms with Gasteiger partial charge in [0.2, 0.25) is 0 Å². The first-order valence-corrected chi connectivity index (χ1v) is 8.92. The third-order valence-electron chi connectivity index (χ3n) is 3.74. The zero-order chi connectivity index (χ0) is 18.9. The van der Waals surface area contributed by atoms with Gasteiger partial charge in [-0.15, -0.1) is 0 Å². The summed E-state index contributed by atoms with van der Waals surface area (Å²) < 4.78 is 16.8. The van der Waals surface area contributed by atoms with Crippen LogP contribution in [0.3, 0.4) is 0 Å². The molecule has 26 heavy (non-hydrogen) atoms. The minimum Gasteiger partial charge on any atom is -0.491 e. The standard InChI is InChI=1S/C21H27NO4/c1-5-22(21(23)25-16(2)3)17(4)15-24-18-11-13-20(14-12-18)26-19-9-7-6-8-10-19/h6-14,16-17H,5,15H2,1-4H3. The van der Waals surface area contributed by atoms with Crippen molar-refractivity contribution in [3.8, 4) is 17.2 Å². The number of benzene rings is 2. The Kier molecular flexibility index (Phi) is 7.33. The molecule has 1 atom stereocenters. The molecule has 0 saturated carbocycles. The van der Waals surface area contributed by atoms with E-state index in [-0.39, 0.29) is 18.2 Å². The second-order valence-corrected chi connectivity index (χ2v) is 6.27. The minimum atomic E-state index is -0.315. The molecule has 0 spiro atoms. The van der Waals surface area contributed by atoms with Crippen LogP contribution in [0.2, 0.25) is 0 Å². The lowest BCUT2D eigenvalue weighted by atomic mass is 10.3. The first kappa shape index (κ1) is 19.6. The lowest BCUT2D eigenvalue weighted by molar-refractivity contribution is 0.0587. The van der Waals surface area contributed by atoms with Gasteiger partial charge in [-0.25, -0.2) is 4.79 Å². The average molecular weight is 357 g/mol. The van der Waals surface area contributed by atoms with Crippen LogP contribution in [0.4, 0.5) is 4.79 Å². The Bertz CT molecular complexity index is 670. The van der Waals surface area contributed by atoms with Crippen molar-refractivity contribution in [3.05, 3.63) is 54.6 Å². The van der Waals surface area contributed by atoms with Gasteiger partial charge in [0.1, 0.15) is 23.9 Å². The first-order chi connectivity index (χ1) is 12.5. The van der Waals surface area contributed by atoms with Crippen LogP contribution in [0.25, 0.3) is 0 Å². The van der Waals surface area contributed by atoms with Crippen molar-refractivity contribution in [2.75, 3.05) is 13.2 Å². The fourth-order valence-electron chi connectivity index (χ4n) is 2.43. The summed E-state index contributed by atoms with van der Waals surface area (Å²) in [5.74, 6) is 2.26. The molecule has 0 fully saturated rings. The Morgan fingerprint density at radius 2 is 1.50 bits per heavy atom. The fourth-order valence-corrected chi connectivity index (χ4v) is 2.43. The van der Waals surface area contributed by atoms with Crippen LogP contribution < -0.4 is 9.47 Å². The fraction of sp³-hybridized carbons (Fsp3) is 0.381. The molecule has 0 heterocycles. The second kappa shape index (κ2) is 9.70. The van der Waals surface area contributed by atoms with Crippen LogP contribution in [0, 0.1) is 0 Å². The van der Waals surface area contributed by atoms with Crippen LogP contribution >= 0.6 is 0 Å². The predicted octanol–water partition coefficient (Wildman–Crippen LogP) is 5.11. The van der Waals surface area contributed by atoms with Gasteiger partial charge in [0, 0.05) is 6.54 Å². The first-order valence-electron chi connectivity index (χ1n) is 8.92. The number of likely N-dealkylation sites (N-methyl/N-ethyl adjacent to an activating group) is 1. The molecule has 0 bridgehead atoms. The maximum absolute atomic E-state index is 12.1. The molecule has 1 amide bonds. The predicted molar refractivity (Wildman–Crippen MR) is 102 cm³/mol. The number of carbonyl (C=O) groups excluding carboxylic acids is 1. The molecule has 0 N–H and O–H groups in total. The molecule has 1 unspecified atom stereocenters. The van der Waals surface area contributed by atoms with Crippen LogP contribution in [0.15, 0.2) is 54.6 Å². The van der Waals surface area contributed by atoms with Crippen LogP contribution in [-0.4, -0.2) is 36.3 Å². The zero-order valence-electron chi connectivity index (χ0n) is 15.8. The van der Waals surface area contributed by atoms with Crippen molar-refractivity contribution in [2.24, 2.45) is 0 Å². The molecule has 5 heteroatoms. The molecule has 2 rings (SSSR count). The Balaban J connectivity index is 1.87. The van der Waals surface area contributed by atoms with Gasteiger partial charge in [-0.2, -0.15) is 0 Å². The highest BCUT2D eigenvalue weighted by Crippen LogP contribution is 2.23. The van der Waals surface area contributed by atoms with Crippen LogP contribution in [-0.2, 0) is 4.74 Å². The summed E-state index contributed by atoms with van der Waals surface area (Å²) in [6, 6.07) is 16.9. The highest BCUT2D eigenvalue weighted by atomic mass is 16.6. The Morgan fingerprint density at radius 3 is 2.08 bits per heavy atom. The van der Waals surface area contributed by atoms with E-state index in [1.165, 1.54) is 0 Å². The molecule has 0 aromatic heterocycles. The van der Waals surface area contributed by atoms with E-state index in [0.29, 0.717) is 13.2 Å². The topological polar surface area (TPSA) is 48.0 Å². The molecular weight excluding hydrogens is 330 g/mol. The van der Waals surface area contributed by atoms with E-state index in [0.717, 1.165) is 17.2 Å². The van der Waals surface area contributed by atoms with E-state index in [1.807, 2.05) is 82.3 Å². The van der Waals surface area contributed by atoms with Gasteiger partial charge in [0.25, 0.3) is 0 Å². The third kappa shape index (κ3) is 5.99. The number of nitrogens with zero attached hydrogens (tertiary/aromatic N) is 1. The Morgan fingerprint density at radius 1 is 0.923 bits per heavy atom. The maximum atomic E-state index is 12.1. The van der Waals surface area contributed by atoms with Gasteiger partial charge in [-0.05, 0) is 64.1 Å². The summed E-state index contributed by atoms with van der Waals surface area (Å²) >= 11 is 0. The van der Waals surface area contributed by atoms with Crippen molar-refractivity contribution in [2.45, 2.75) is 39.8 Å². The maximum Gasteiger partial charge on any atom is 0.410 e. The summed E-state index contributed by atoms with van der Waals surface area (Å²) in [4.78, 5) is 13.7. The number of rotatable bonds is 8. The highest BCUT2D eigenvalue weighted by Gasteiger charge is 2.21. The Labute approximate surface area is 155 Å². The number of carbonyl (C=O) groups is 1. The van der Waals surface area contributed by atoms with E-state index < -0.39 is 0 Å². The van der Waals surface area contributed by atoms with Crippen molar-refractivity contribution >= 4 is 6.09 Å². The van der Waals surface area contributed by atoms with Gasteiger partial charge < -0.3 is 19.1 Å². The van der Waals surface area contributed by atoms with Crippen LogP contribution in [0.5, 0.6) is 17.2 Å². The molecule has 0 aliphatic heterocycles. The largest absolute Gasteiger partial charge is 0.491 e. The number of para-hydroxylation sites is 1. The summed E-state index contributed by atoms with van der Waals surface area (Å²) in [5, 5.41) is 0. The molecule has 0 radical (unpaired) electrons. The highest BCUT2D eigenvalue weighted by molar-refractivity contribution is 5.68. The molecule has 0 aliphatic rings. The smallest absolute Gasteiger partial charge is 0.410 e. The lowest BCUT2D eigenvalue weighted by Gasteiger charge is -2.28. The normalized spacial score (nSPS) is 11.7. The van der Waals surface area contributed by atoms with E-state index in [2.05, 4.69) is 0 Å². The SMILES string of the molecule is CCN(C(=O)OC(C)C)C(C)COc1ccc(Oc2ccccc2)cc1. The number of hydrogen-bond acceptors (Lipinski definition) is 4. The van der Waals surface area contributed by atoms with Crippen molar-refractivity contribution in [1.29, 1.82) is 0 Å². The number of ether oxygens (including phenoxy) is 3. The van der Waals surface area contributed by atoms with Gasteiger partial charge in [-0.3, -0.25) is 0 Å². The minimum absolute atomic E-state index is 0.0912. The second-order valence-electron chi connectivity index (χ2n) is 6.27. The molecule has 5 nitrogen and oxygen atoms in total. The summed E-state index contributed by atoms with van der Waals surface area (Å²) in [6.45, 7) is 8.50. The average Bonchev–Trinajstić information content (AvgIpc) is 2.62. The van der Waals surface area contributed by atoms with Gasteiger partial charge >= 0.3 is 6.09 Å². The molecule has 140 valence electrons. The summed E-state index contributed by atoms with van der Waals surface area (Å²) in [6.07, 6.45) is -0.452.